The maximum atomic E-state index is 13.1. The van der Waals surface area contributed by atoms with Crippen LogP contribution in [-0.2, 0) is 4.79 Å². The molecule has 2 rings (SSSR count). The molecule has 1 amide bonds. The van der Waals surface area contributed by atoms with Gasteiger partial charge in [0, 0.05) is 12.2 Å². The van der Waals surface area contributed by atoms with Crippen LogP contribution in [0.1, 0.15) is 12.0 Å². The fourth-order valence-electron chi connectivity index (χ4n) is 1.95. The van der Waals surface area contributed by atoms with E-state index < -0.39 is 12.1 Å². The summed E-state index contributed by atoms with van der Waals surface area (Å²) in [5.41, 5.74) is 1.19. The van der Waals surface area contributed by atoms with Crippen molar-refractivity contribution in [1.29, 1.82) is 0 Å². The number of rotatable bonds is 2. The third kappa shape index (κ3) is 3.01. The van der Waals surface area contributed by atoms with Gasteiger partial charge >= 0.3 is 0 Å². The van der Waals surface area contributed by atoms with Crippen LogP contribution in [-0.4, -0.2) is 29.7 Å². The SMILES string of the molecule is Cc1cc(F)cc(NC(=O)C2CC(O)CN2)c1. The summed E-state index contributed by atoms with van der Waals surface area (Å²) in [6, 6.07) is 3.96. The molecule has 1 heterocycles. The average Bonchev–Trinajstić information content (AvgIpc) is 2.63. The van der Waals surface area contributed by atoms with Gasteiger partial charge in [-0.25, -0.2) is 4.39 Å². The van der Waals surface area contributed by atoms with E-state index in [-0.39, 0.29) is 11.7 Å². The van der Waals surface area contributed by atoms with Crippen LogP contribution in [0.3, 0.4) is 0 Å². The molecular formula is C12H15FN2O2. The van der Waals surface area contributed by atoms with Gasteiger partial charge in [0.1, 0.15) is 5.82 Å². The molecule has 92 valence electrons. The number of aliphatic hydroxyl groups excluding tert-OH is 1. The molecule has 1 aromatic carbocycles. The number of carbonyl (C=O) groups is 1. The van der Waals surface area contributed by atoms with Crippen LogP contribution in [0.5, 0.6) is 0 Å². The first-order valence-electron chi connectivity index (χ1n) is 5.54. The van der Waals surface area contributed by atoms with Crippen molar-refractivity contribution in [2.45, 2.75) is 25.5 Å². The second-order valence-electron chi connectivity index (χ2n) is 4.36. The summed E-state index contributed by atoms with van der Waals surface area (Å²) in [6.45, 7) is 2.18. The minimum absolute atomic E-state index is 0.244. The quantitative estimate of drug-likeness (QED) is 0.714. The third-order valence-electron chi connectivity index (χ3n) is 2.73. The van der Waals surface area contributed by atoms with Crippen molar-refractivity contribution in [2.75, 3.05) is 11.9 Å². The van der Waals surface area contributed by atoms with E-state index in [9.17, 15) is 14.3 Å². The number of nitrogens with one attached hydrogen (secondary N) is 2. The predicted molar refractivity (Wildman–Crippen MR) is 62.2 cm³/mol. The number of halogens is 1. The predicted octanol–water partition coefficient (Wildman–Crippen LogP) is 0.795. The molecule has 2 atom stereocenters. The van der Waals surface area contributed by atoms with Gasteiger partial charge in [-0.1, -0.05) is 0 Å². The second-order valence-corrected chi connectivity index (χ2v) is 4.36. The van der Waals surface area contributed by atoms with Crippen molar-refractivity contribution in [2.24, 2.45) is 0 Å². The Balaban J connectivity index is 2.03. The third-order valence-corrected chi connectivity index (χ3v) is 2.73. The van der Waals surface area contributed by atoms with Crippen LogP contribution in [0.4, 0.5) is 10.1 Å². The fourth-order valence-corrected chi connectivity index (χ4v) is 1.95. The van der Waals surface area contributed by atoms with Crippen LogP contribution in [0.25, 0.3) is 0 Å². The highest BCUT2D eigenvalue weighted by Crippen LogP contribution is 2.15. The number of hydrogen-bond donors (Lipinski definition) is 3. The van der Waals surface area contributed by atoms with Gasteiger partial charge in [-0.15, -0.1) is 0 Å². The topological polar surface area (TPSA) is 61.4 Å². The Labute approximate surface area is 98.8 Å². The molecule has 3 N–H and O–H groups in total. The molecule has 5 heteroatoms. The van der Waals surface area contributed by atoms with Crippen LogP contribution in [0.15, 0.2) is 18.2 Å². The summed E-state index contributed by atoms with van der Waals surface area (Å²) in [6.07, 6.45) is -0.0971. The number of anilines is 1. The summed E-state index contributed by atoms with van der Waals surface area (Å²) < 4.78 is 13.1. The van der Waals surface area contributed by atoms with Gasteiger partial charge in [0.05, 0.1) is 12.1 Å². The minimum atomic E-state index is -0.486. The number of carbonyl (C=O) groups excluding carboxylic acids is 1. The van der Waals surface area contributed by atoms with Crippen LogP contribution in [0, 0.1) is 12.7 Å². The first-order valence-corrected chi connectivity index (χ1v) is 5.54. The first kappa shape index (κ1) is 12.0. The summed E-state index contributed by atoms with van der Waals surface area (Å²) in [5, 5.41) is 14.8. The van der Waals surface area contributed by atoms with Crippen molar-refractivity contribution in [1.82, 2.24) is 5.32 Å². The van der Waals surface area contributed by atoms with Crippen LogP contribution in [0.2, 0.25) is 0 Å². The van der Waals surface area contributed by atoms with Crippen LogP contribution >= 0.6 is 0 Å². The molecule has 2 unspecified atom stereocenters. The van der Waals surface area contributed by atoms with Gasteiger partial charge in [-0.2, -0.15) is 0 Å². The van der Waals surface area contributed by atoms with E-state index in [4.69, 9.17) is 0 Å². The molecular weight excluding hydrogens is 223 g/mol. The van der Waals surface area contributed by atoms with Crippen molar-refractivity contribution in [3.05, 3.63) is 29.6 Å². The van der Waals surface area contributed by atoms with Gasteiger partial charge in [-0.3, -0.25) is 4.79 Å². The molecule has 0 aliphatic carbocycles. The zero-order valence-electron chi connectivity index (χ0n) is 9.53. The Kier molecular flexibility index (Phi) is 3.40. The maximum absolute atomic E-state index is 13.1. The molecule has 0 bridgehead atoms. The molecule has 1 fully saturated rings. The molecule has 1 aromatic rings. The van der Waals surface area contributed by atoms with Gasteiger partial charge < -0.3 is 15.7 Å². The van der Waals surface area contributed by atoms with E-state index in [0.29, 0.717) is 18.7 Å². The van der Waals surface area contributed by atoms with Gasteiger partial charge in [0.25, 0.3) is 0 Å². The normalized spacial score (nSPS) is 23.7. The number of aliphatic hydroxyl groups is 1. The lowest BCUT2D eigenvalue weighted by Gasteiger charge is -2.11. The molecule has 0 saturated carbocycles. The number of aryl methyl sites for hydroxylation is 1. The van der Waals surface area contributed by atoms with Crippen molar-refractivity contribution >= 4 is 11.6 Å². The zero-order chi connectivity index (χ0) is 12.4. The van der Waals surface area contributed by atoms with E-state index in [1.807, 2.05) is 0 Å². The Bertz CT molecular complexity index is 416. The largest absolute Gasteiger partial charge is 0.392 e. The summed E-state index contributed by atoms with van der Waals surface area (Å²) in [4.78, 5) is 11.8. The van der Waals surface area contributed by atoms with Gasteiger partial charge in [0.15, 0.2) is 0 Å². The Morgan fingerprint density at radius 1 is 1.53 bits per heavy atom. The molecule has 17 heavy (non-hydrogen) atoms. The summed E-state index contributed by atoms with van der Waals surface area (Å²) >= 11 is 0. The zero-order valence-corrected chi connectivity index (χ0v) is 9.53. The summed E-state index contributed by atoms with van der Waals surface area (Å²) in [7, 11) is 0. The second kappa shape index (κ2) is 4.81. The van der Waals surface area contributed by atoms with E-state index in [0.717, 1.165) is 5.56 Å². The van der Waals surface area contributed by atoms with Gasteiger partial charge in [-0.05, 0) is 37.1 Å². The Hall–Kier alpha value is -1.46. The number of β-amino-alcohol motifs (C(OH)–C–C–N with tert-alkyl or cyclic N) is 1. The molecule has 0 aromatic heterocycles. The summed E-state index contributed by atoms with van der Waals surface area (Å²) in [5.74, 6) is -0.619. The lowest BCUT2D eigenvalue weighted by molar-refractivity contribution is -0.117. The average molecular weight is 238 g/mol. The molecule has 4 nitrogen and oxygen atoms in total. The van der Waals surface area contributed by atoms with Crippen LogP contribution < -0.4 is 10.6 Å². The number of hydrogen-bond acceptors (Lipinski definition) is 3. The molecule has 0 radical (unpaired) electrons. The lowest BCUT2D eigenvalue weighted by Crippen LogP contribution is -2.35. The molecule has 1 saturated heterocycles. The molecule has 0 spiro atoms. The number of benzene rings is 1. The standard InChI is InChI=1S/C12H15FN2O2/c1-7-2-8(13)4-9(3-7)15-12(17)11-5-10(16)6-14-11/h2-4,10-11,14,16H,5-6H2,1H3,(H,15,17). The number of amides is 1. The molecule has 1 aliphatic rings. The minimum Gasteiger partial charge on any atom is -0.392 e. The maximum Gasteiger partial charge on any atom is 0.241 e. The lowest BCUT2D eigenvalue weighted by atomic mass is 10.1. The monoisotopic (exact) mass is 238 g/mol. The van der Waals surface area contributed by atoms with E-state index in [1.165, 1.54) is 12.1 Å². The van der Waals surface area contributed by atoms with E-state index in [2.05, 4.69) is 10.6 Å². The molecule has 1 aliphatic heterocycles. The highest BCUT2D eigenvalue weighted by molar-refractivity contribution is 5.95. The van der Waals surface area contributed by atoms with Gasteiger partial charge in [0.2, 0.25) is 5.91 Å². The fraction of sp³-hybridized carbons (Fsp3) is 0.417. The van der Waals surface area contributed by atoms with E-state index >= 15 is 0 Å². The van der Waals surface area contributed by atoms with Crippen molar-refractivity contribution in [3.63, 3.8) is 0 Å². The highest BCUT2D eigenvalue weighted by Gasteiger charge is 2.27. The van der Waals surface area contributed by atoms with Crippen molar-refractivity contribution < 1.29 is 14.3 Å². The Morgan fingerprint density at radius 2 is 2.29 bits per heavy atom. The first-order chi connectivity index (χ1) is 8.04. The van der Waals surface area contributed by atoms with E-state index in [1.54, 1.807) is 13.0 Å². The highest BCUT2D eigenvalue weighted by atomic mass is 19.1. The Morgan fingerprint density at radius 3 is 2.88 bits per heavy atom. The van der Waals surface area contributed by atoms with Crippen molar-refractivity contribution in [3.8, 4) is 0 Å². The smallest absolute Gasteiger partial charge is 0.241 e.